The van der Waals surface area contributed by atoms with Crippen molar-refractivity contribution in [1.29, 1.82) is 0 Å². The summed E-state index contributed by atoms with van der Waals surface area (Å²) < 4.78 is 6.53. The zero-order valence-electron chi connectivity index (χ0n) is 22.3. The van der Waals surface area contributed by atoms with Gasteiger partial charge >= 0.3 is 5.97 Å². The zero-order valence-corrected chi connectivity index (χ0v) is 23.0. The van der Waals surface area contributed by atoms with Gasteiger partial charge in [-0.1, -0.05) is 42.8 Å². The van der Waals surface area contributed by atoms with E-state index in [1.54, 1.807) is 18.9 Å². The number of carbonyl (C=O) groups excluding carboxylic acids is 1. The normalized spacial score (nSPS) is 27.0. The first-order valence-corrected chi connectivity index (χ1v) is 14.1. The minimum absolute atomic E-state index is 0.168. The molecule has 1 amide bonds. The lowest BCUT2D eigenvalue weighted by atomic mass is 9.70. The molecule has 6 nitrogen and oxygen atoms in total. The van der Waals surface area contributed by atoms with Crippen LogP contribution in [-0.2, 0) is 21.4 Å². The number of ether oxygens (including phenoxy) is 1. The Kier molecular flexibility index (Phi) is 7.71. The fraction of sp³-hybridized carbons (Fsp3) is 0.484. The first-order valence-electron chi connectivity index (χ1n) is 13.7. The zero-order chi connectivity index (χ0) is 26.9. The molecule has 3 aliphatic rings. The number of aliphatic carboxylic acids is 1. The quantitative estimate of drug-likeness (QED) is 0.465. The van der Waals surface area contributed by atoms with E-state index in [1.807, 2.05) is 30.3 Å². The average Bonchev–Trinajstić information content (AvgIpc) is 3.04. The third-order valence-corrected chi connectivity index (χ3v) is 8.78. The molecule has 202 valence electrons. The molecule has 38 heavy (non-hydrogen) atoms. The highest BCUT2D eigenvalue weighted by Crippen LogP contribution is 2.45. The molecule has 2 bridgehead atoms. The lowest BCUT2D eigenvalue weighted by Crippen LogP contribution is -2.46. The number of benzene rings is 2. The number of anilines is 1. The smallest absolute Gasteiger partial charge is 0.311 e. The summed E-state index contributed by atoms with van der Waals surface area (Å²) in [5, 5.41) is 11.0. The van der Waals surface area contributed by atoms with E-state index in [0.29, 0.717) is 18.7 Å². The number of nitrogens with zero attached hydrogens (tertiary/aromatic N) is 2. The molecule has 1 aliphatic carbocycles. The Hall–Kier alpha value is -2.99. The van der Waals surface area contributed by atoms with Crippen LogP contribution in [0.15, 0.2) is 48.6 Å². The first kappa shape index (κ1) is 26.6. The van der Waals surface area contributed by atoms with Gasteiger partial charge in [0, 0.05) is 37.1 Å². The van der Waals surface area contributed by atoms with Crippen LogP contribution in [-0.4, -0.2) is 55.2 Å². The number of hydrogen-bond donors (Lipinski definition) is 1. The summed E-state index contributed by atoms with van der Waals surface area (Å²) in [7, 11) is 1.74. The van der Waals surface area contributed by atoms with Gasteiger partial charge < -0.3 is 19.6 Å². The van der Waals surface area contributed by atoms with E-state index in [9.17, 15) is 14.7 Å². The first-order chi connectivity index (χ1) is 18.3. The van der Waals surface area contributed by atoms with Crippen molar-refractivity contribution >= 4 is 29.2 Å². The van der Waals surface area contributed by atoms with E-state index < -0.39 is 17.8 Å². The fourth-order valence-corrected chi connectivity index (χ4v) is 6.70. The number of carbonyl (C=O) groups is 2. The minimum atomic E-state index is -0.991. The highest BCUT2D eigenvalue weighted by molar-refractivity contribution is 6.30. The predicted molar refractivity (Wildman–Crippen MR) is 150 cm³/mol. The average molecular weight is 537 g/mol. The van der Waals surface area contributed by atoms with Crippen molar-refractivity contribution < 1.29 is 19.4 Å². The van der Waals surface area contributed by atoms with Gasteiger partial charge in [0.15, 0.2) is 0 Å². The largest absolute Gasteiger partial charge is 0.490 e. The van der Waals surface area contributed by atoms with E-state index in [0.717, 1.165) is 68.1 Å². The van der Waals surface area contributed by atoms with Crippen LogP contribution in [0.3, 0.4) is 0 Å². The monoisotopic (exact) mass is 536 g/mol. The second kappa shape index (κ2) is 11.0. The van der Waals surface area contributed by atoms with Gasteiger partial charge in [-0.15, -0.1) is 0 Å². The predicted octanol–water partition coefficient (Wildman–Crippen LogP) is 5.82. The molecule has 2 aliphatic heterocycles. The standard InChI is InChI=1S/C31H37ClN2O4/c1-21-28(30(36)37)23-10-13-27-26(18-23)34(16-7-5-3-4-6-15-33(2)29(21)35)19-31(20-38-27)14-8-9-22-17-24(32)11-12-25(22)31/h4,6,10-13,17-18,21,28H,3,5,7-9,14-16,19-20H2,1-2H3,(H,36,37)/b6-4+/t21-,28?,31+/m1/s1. The maximum atomic E-state index is 13.2. The molecule has 7 heteroatoms. The van der Waals surface area contributed by atoms with Gasteiger partial charge in [0.1, 0.15) is 5.75 Å². The van der Waals surface area contributed by atoms with Crippen LogP contribution in [0.4, 0.5) is 5.69 Å². The minimum Gasteiger partial charge on any atom is -0.490 e. The van der Waals surface area contributed by atoms with Crippen LogP contribution in [0, 0.1) is 5.92 Å². The molecule has 0 radical (unpaired) electrons. The third kappa shape index (κ3) is 5.15. The van der Waals surface area contributed by atoms with Gasteiger partial charge in [-0.25, -0.2) is 0 Å². The van der Waals surface area contributed by atoms with Gasteiger partial charge in [-0.05, 0) is 79.5 Å². The Labute approximate surface area is 230 Å². The lowest BCUT2D eigenvalue weighted by Gasteiger charge is -2.41. The molecule has 1 unspecified atom stereocenters. The van der Waals surface area contributed by atoms with Gasteiger partial charge in [0.2, 0.25) is 5.91 Å². The summed E-state index contributed by atoms with van der Waals surface area (Å²) in [4.78, 5) is 29.7. The summed E-state index contributed by atoms with van der Waals surface area (Å²) >= 11 is 6.36. The number of allylic oxidation sites excluding steroid dienone is 1. The Bertz CT molecular complexity index is 1240. The number of carboxylic acid groups (broad SMARTS) is 1. The molecule has 3 atom stereocenters. The van der Waals surface area contributed by atoms with Crippen molar-refractivity contribution in [2.75, 3.05) is 38.2 Å². The highest BCUT2D eigenvalue weighted by atomic mass is 35.5. The van der Waals surface area contributed by atoms with Gasteiger partial charge in [-0.2, -0.15) is 0 Å². The molecular formula is C31H37ClN2O4. The van der Waals surface area contributed by atoms with E-state index in [4.69, 9.17) is 16.3 Å². The van der Waals surface area contributed by atoms with E-state index in [1.165, 1.54) is 11.1 Å². The number of halogens is 1. The maximum absolute atomic E-state index is 13.2. The molecule has 0 saturated carbocycles. The molecule has 2 aromatic rings. The van der Waals surface area contributed by atoms with Crippen LogP contribution in [0.1, 0.15) is 61.6 Å². The van der Waals surface area contributed by atoms with E-state index in [-0.39, 0.29) is 11.3 Å². The van der Waals surface area contributed by atoms with E-state index >= 15 is 0 Å². The molecule has 0 fully saturated rings. The molecule has 2 aromatic carbocycles. The second-order valence-corrected chi connectivity index (χ2v) is 11.6. The van der Waals surface area contributed by atoms with Crippen molar-refractivity contribution in [3.05, 3.63) is 70.3 Å². The second-order valence-electron chi connectivity index (χ2n) is 11.2. The van der Waals surface area contributed by atoms with Crippen molar-refractivity contribution in [3.63, 3.8) is 0 Å². The van der Waals surface area contributed by atoms with Crippen molar-refractivity contribution in [2.24, 2.45) is 5.92 Å². The maximum Gasteiger partial charge on any atom is 0.311 e. The SMILES string of the molecule is C[C@H]1C(=O)N(C)C/C=C/CCCCN2C[C@@]3(CCCc4cc(Cl)ccc43)COc3ccc(cc32)C1C(=O)O. The molecule has 2 heterocycles. The highest BCUT2D eigenvalue weighted by Gasteiger charge is 2.42. The molecule has 0 aromatic heterocycles. The number of carboxylic acids is 1. The Balaban J connectivity index is 1.58. The molecule has 5 rings (SSSR count). The summed E-state index contributed by atoms with van der Waals surface area (Å²) in [6.07, 6.45) is 10.2. The third-order valence-electron chi connectivity index (χ3n) is 8.55. The summed E-state index contributed by atoms with van der Waals surface area (Å²) in [5.41, 5.74) is 4.00. The summed E-state index contributed by atoms with van der Waals surface area (Å²) in [6.45, 7) is 4.41. The van der Waals surface area contributed by atoms with E-state index in [2.05, 4.69) is 23.1 Å². The van der Waals surface area contributed by atoms with Crippen LogP contribution in [0.25, 0.3) is 0 Å². The number of amides is 1. The molecule has 1 spiro atoms. The van der Waals surface area contributed by atoms with Crippen LogP contribution in [0.2, 0.25) is 5.02 Å². The van der Waals surface area contributed by atoms with Gasteiger partial charge in [-0.3, -0.25) is 9.59 Å². The van der Waals surface area contributed by atoms with Crippen molar-refractivity contribution in [3.8, 4) is 5.75 Å². The van der Waals surface area contributed by atoms with Gasteiger partial charge in [0.25, 0.3) is 0 Å². The lowest BCUT2D eigenvalue weighted by molar-refractivity contribution is -0.145. The topological polar surface area (TPSA) is 70.1 Å². The van der Waals surface area contributed by atoms with Crippen LogP contribution >= 0.6 is 11.6 Å². The number of fused-ring (bicyclic) bond motifs is 3. The fourth-order valence-electron chi connectivity index (χ4n) is 6.50. The van der Waals surface area contributed by atoms with Crippen LogP contribution in [0.5, 0.6) is 5.75 Å². The molecule has 1 N–H and O–H groups in total. The number of aryl methyl sites for hydroxylation is 1. The molecule has 0 saturated heterocycles. The van der Waals surface area contributed by atoms with Crippen LogP contribution < -0.4 is 9.64 Å². The summed E-state index contributed by atoms with van der Waals surface area (Å²) in [5.74, 6) is -2.03. The Morgan fingerprint density at radius 2 is 1.97 bits per heavy atom. The Morgan fingerprint density at radius 3 is 2.79 bits per heavy atom. The number of rotatable bonds is 1. The van der Waals surface area contributed by atoms with Crippen molar-refractivity contribution in [1.82, 2.24) is 4.90 Å². The number of hydrogen-bond acceptors (Lipinski definition) is 4. The Morgan fingerprint density at radius 1 is 1.13 bits per heavy atom. The van der Waals surface area contributed by atoms with Gasteiger partial charge in [0.05, 0.1) is 24.1 Å². The van der Waals surface area contributed by atoms with Crippen molar-refractivity contribution in [2.45, 2.75) is 56.8 Å². The number of likely N-dealkylation sites (N-methyl/N-ethyl adjacent to an activating group) is 1. The summed E-state index contributed by atoms with van der Waals surface area (Å²) in [6, 6.07) is 11.9. The molecular weight excluding hydrogens is 500 g/mol.